The number of carbonyl (C=O) groups excluding carboxylic acids is 2. The minimum Gasteiger partial charge on any atom is -0.481 e. The van der Waals surface area contributed by atoms with Crippen molar-refractivity contribution in [1.82, 2.24) is 5.43 Å². The lowest BCUT2D eigenvalue weighted by Crippen LogP contribution is -2.33. The summed E-state index contributed by atoms with van der Waals surface area (Å²) in [6.07, 6.45) is 0.492. The molecule has 0 fully saturated rings. The number of hydrazone groups is 1. The van der Waals surface area contributed by atoms with Crippen LogP contribution in [0.1, 0.15) is 22.8 Å². The van der Waals surface area contributed by atoms with Crippen LogP contribution in [-0.2, 0) is 4.79 Å². The van der Waals surface area contributed by atoms with E-state index in [1.807, 2.05) is 0 Å². The molecule has 3 rings (SSSR count). The molecule has 3 aromatic rings. The summed E-state index contributed by atoms with van der Waals surface area (Å²) < 4.78 is 10.8. The van der Waals surface area contributed by atoms with E-state index in [1.165, 1.54) is 37.4 Å². The molecule has 3 aromatic carbocycles. The van der Waals surface area contributed by atoms with Gasteiger partial charge in [0.25, 0.3) is 11.6 Å². The molecule has 0 unspecified atom stereocenters. The van der Waals surface area contributed by atoms with Crippen molar-refractivity contribution in [2.75, 3.05) is 0 Å². The molecular formula is C23H18ClN3O6. The topological polar surface area (TPSA) is 120 Å². The maximum absolute atomic E-state index is 12.2. The molecule has 33 heavy (non-hydrogen) atoms. The average Bonchev–Trinajstić information content (AvgIpc) is 2.80. The minimum atomic E-state index is -0.893. The Bertz CT molecular complexity index is 1180. The third kappa shape index (κ3) is 6.88. The van der Waals surface area contributed by atoms with Crippen LogP contribution in [0.4, 0.5) is 5.69 Å². The number of nitrogens with one attached hydrogen (secondary N) is 1. The van der Waals surface area contributed by atoms with Crippen molar-refractivity contribution in [2.45, 2.75) is 13.0 Å². The molecule has 0 aromatic heterocycles. The van der Waals surface area contributed by atoms with Crippen LogP contribution in [0.5, 0.6) is 11.5 Å². The number of hydrogen-bond acceptors (Lipinski definition) is 7. The van der Waals surface area contributed by atoms with Gasteiger partial charge in [0.15, 0.2) is 6.10 Å². The maximum Gasteiger partial charge on any atom is 0.343 e. The summed E-state index contributed by atoms with van der Waals surface area (Å²) >= 11 is 5.82. The molecule has 0 saturated carbocycles. The lowest BCUT2D eigenvalue weighted by atomic mass is 10.2. The molecule has 0 aliphatic rings. The predicted molar refractivity (Wildman–Crippen MR) is 122 cm³/mol. The Balaban J connectivity index is 1.54. The molecule has 0 aliphatic carbocycles. The Kier molecular flexibility index (Phi) is 7.72. The van der Waals surface area contributed by atoms with Gasteiger partial charge in [0.1, 0.15) is 11.5 Å². The van der Waals surface area contributed by atoms with Gasteiger partial charge in [0.2, 0.25) is 0 Å². The number of nitrogens with zero attached hydrogens (tertiary/aromatic N) is 2. The summed E-state index contributed by atoms with van der Waals surface area (Å²) in [7, 11) is 0. The second-order valence-electron chi connectivity index (χ2n) is 6.71. The summed E-state index contributed by atoms with van der Waals surface area (Å²) in [5.41, 5.74) is 3.21. The molecule has 9 nitrogen and oxygen atoms in total. The Hall–Kier alpha value is -4.24. The SMILES string of the molecule is C[C@@H](Oc1ccc([N+](=O)[O-])cc1)C(=O)N/N=C\c1cccc(OC(=O)c2ccc(Cl)cc2)c1. The number of non-ortho nitro benzene ring substituents is 1. The van der Waals surface area contributed by atoms with E-state index < -0.39 is 22.9 Å². The van der Waals surface area contributed by atoms with Gasteiger partial charge >= 0.3 is 5.97 Å². The van der Waals surface area contributed by atoms with Crippen LogP contribution < -0.4 is 14.9 Å². The van der Waals surface area contributed by atoms with E-state index in [9.17, 15) is 19.7 Å². The number of carbonyl (C=O) groups is 2. The summed E-state index contributed by atoms with van der Waals surface area (Å²) in [5, 5.41) is 15.1. The molecule has 0 bridgehead atoms. The van der Waals surface area contributed by atoms with Gasteiger partial charge in [0, 0.05) is 17.2 Å². The fourth-order valence-electron chi connectivity index (χ4n) is 2.58. The highest BCUT2D eigenvalue weighted by atomic mass is 35.5. The third-order valence-corrected chi connectivity index (χ3v) is 4.52. The smallest absolute Gasteiger partial charge is 0.343 e. The molecule has 10 heteroatoms. The van der Waals surface area contributed by atoms with Gasteiger partial charge in [-0.15, -0.1) is 0 Å². The molecule has 1 amide bonds. The van der Waals surface area contributed by atoms with Crippen molar-refractivity contribution in [3.63, 3.8) is 0 Å². The van der Waals surface area contributed by atoms with Crippen LogP contribution in [0.15, 0.2) is 77.9 Å². The van der Waals surface area contributed by atoms with Crippen LogP contribution in [0, 0.1) is 10.1 Å². The fraction of sp³-hybridized carbons (Fsp3) is 0.0870. The monoisotopic (exact) mass is 467 g/mol. The normalized spacial score (nSPS) is 11.6. The van der Waals surface area contributed by atoms with E-state index in [0.717, 1.165) is 0 Å². The lowest BCUT2D eigenvalue weighted by molar-refractivity contribution is -0.384. The summed E-state index contributed by atoms with van der Waals surface area (Å²) in [6.45, 7) is 1.52. The van der Waals surface area contributed by atoms with Gasteiger partial charge in [-0.05, 0) is 61.0 Å². The van der Waals surface area contributed by atoms with Gasteiger partial charge in [0.05, 0.1) is 16.7 Å². The van der Waals surface area contributed by atoms with Gasteiger partial charge in [-0.2, -0.15) is 5.10 Å². The van der Waals surface area contributed by atoms with Crippen molar-refractivity contribution in [2.24, 2.45) is 5.10 Å². The van der Waals surface area contributed by atoms with Crippen molar-refractivity contribution < 1.29 is 24.0 Å². The Morgan fingerprint density at radius 3 is 2.42 bits per heavy atom. The van der Waals surface area contributed by atoms with Crippen molar-refractivity contribution in [3.05, 3.63) is 99.1 Å². The number of rotatable bonds is 8. The van der Waals surface area contributed by atoms with E-state index in [0.29, 0.717) is 27.6 Å². The zero-order valence-corrected chi connectivity index (χ0v) is 18.1. The second-order valence-corrected chi connectivity index (χ2v) is 7.15. The molecule has 1 N–H and O–H groups in total. The number of benzene rings is 3. The number of nitro benzene ring substituents is 1. The molecule has 1 atom stereocenters. The first-order chi connectivity index (χ1) is 15.8. The number of halogens is 1. The lowest BCUT2D eigenvalue weighted by Gasteiger charge is -2.12. The minimum absolute atomic E-state index is 0.0786. The van der Waals surface area contributed by atoms with Crippen LogP contribution in [-0.4, -0.2) is 29.1 Å². The largest absolute Gasteiger partial charge is 0.481 e. The predicted octanol–water partition coefficient (Wildman–Crippen LogP) is 4.39. The van der Waals surface area contributed by atoms with Crippen LogP contribution in [0.2, 0.25) is 5.02 Å². The van der Waals surface area contributed by atoms with Gasteiger partial charge in [-0.25, -0.2) is 10.2 Å². The van der Waals surface area contributed by atoms with Crippen LogP contribution >= 0.6 is 11.6 Å². The first kappa shape index (κ1) is 23.4. The summed E-state index contributed by atoms with van der Waals surface area (Å²) in [5.74, 6) is -0.441. The number of nitro groups is 1. The Morgan fingerprint density at radius 2 is 1.76 bits per heavy atom. The van der Waals surface area contributed by atoms with Crippen molar-refractivity contribution in [3.8, 4) is 11.5 Å². The highest BCUT2D eigenvalue weighted by Gasteiger charge is 2.15. The van der Waals surface area contributed by atoms with Crippen LogP contribution in [0.3, 0.4) is 0 Å². The van der Waals surface area contributed by atoms with E-state index in [1.54, 1.807) is 48.5 Å². The number of amides is 1. The van der Waals surface area contributed by atoms with Crippen molar-refractivity contribution in [1.29, 1.82) is 0 Å². The van der Waals surface area contributed by atoms with Gasteiger partial charge < -0.3 is 9.47 Å². The highest BCUT2D eigenvalue weighted by Crippen LogP contribution is 2.19. The van der Waals surface area contributed by atoms with Crippen LogP contribution in [0.25, 0.3) is 0 Å². The fourth-order valence-corrected chi connectivity index (χ4v) is 2.70. The van der Waals surface area contributed by atoms with E-state index >= 15 is 0 Å². The Morgan fingerprint density at radius 1 is 1.06 bits per heavy atom. The first-order valence-electron chi connectivity index (χ1n) is 9.63. The second kappa shape index (κ2) is 10.9. The van der Waals surface area contributed by atoms with E-state index in [-0.39, 0.29) is 5.69 Å². The molecule has 0 saturated heterocycles. The summed E-state index contributed by atoms with van der Waals surface area (Å²) in [4.78, 5) is 34.5. The standard InChI is InChI=1S/C23H18ClN3O6/c1-15(32-20-11-9-19(10-12-20)27(30)31)22(28)26-25-14-16-3-2-4-21(13-16)33-23(29)17-5-7-18(24)8-6-17/h2-15H,1H3,(H,26,28)/b25-14-/t15-/m1/s1. The van der Waals surface area contributed by atoms with Crippen molar-refractivity contribution >= 4 is 35.4 Å². The summed E-state index contributed by atoms with van der Waals surface area (Å²) in [6, 6.07) is 18.3. The maximum atomic E-state index is 12.2. The zero-order valence-electron chi connectivity index (χ0n) is 17.3. The molecule has 0 radical (unpaired) electrons. The van der Waals surface area contributed by atoms with E-state index in [2.05, 4.69) is 10.5 Å². The molecule has 0 spiro atoms. The van der Waals surface area contributed by atoms with Gasteiger partial charge in [-0.1, -0.05) is 23.7 Å². The van der Waals surface area contributed by atoms with E-state index in [4.69, 9.17) is 21.1 Å². The molecular weight excluding hydrogens is 450 g/mol. The number of ether oxygens (including phenoxy) is 2. The average molecular weight is 468 g/mol. The molecule has 168 valence electrons. The quantitative estimate of drug-likeness (QED) is 0.172. The number of esters is 1. The first-order valence-corrected chi connectivity index (χ1v) is 10.0. The highest BCUT2D eigenvalue weighted by molar-refractivity contribution is 6.30. The third-order valence-electron chi connectivity index (χ3n) is 4.27. The van der Waals surface area contributed by atoms with Gasteiger partial charge in [-0.3, -0.25) is 14.9 Å². The Labute approximate surface area is 193 Å². The molecule has 0 aliphatic heterocycles. The number of hydrogen-bond donors (Lipinski definition) is 1. The zero-order chi connectivity index (χ0) is 23.8. The molecule has 0 heterocycles.